The number of aromatic nitrogens is 4. The Kier molecular flexibility index (Phi) is 6.92. The second kappa shape index (κ2) is 9.61. The molecule has 0 aliphatic rings. The molecule has 0 aliphatic heterocycles. The third-order valence-electron chi connectivity index (χ3n) is 5.11. The molecule has 7 heteroatoms. The largest absolute Gasteiger partial charge is 0.356 e. The maximum Gasteiger partial charge on any atom is 0.191 e. The molecule has 0 amide bonds. The van der Waals surface area contributed by atoms with Crippen LogP contribution in [0.1, 0.15) is 35.3 Å². The van der Waals surface area contributed by atoms with Gasteiger partial charge < -0.3 is 10.6 Å². The summed E-state index contributed by atoms with van der Waals surface area (Å²) in [7, 11) is 1.80. The van der Waals surface area contributed by atoms with E-state index in [1.54, 1.807) is 7.05 Å². The molecule has 0 radical (unpaired) electrons. The van der Waals surface area contributed by atoms with Crippen LogP contribution in [0.15, 0.2) is 41.4 Å². The normalized spacial score (nSPS) is 12.8. The predicted octanol–water partition coefficient (Wildman–Crippen LogP) is 3.30. The summed E-state index contributed by atoms with van der Waals surface area (Å²) in [6, 6.07) is 12.5. The molecule has 160 valence electrons. The van der Waals surface area contributed by atoms with E-state index in [2.05, 4.69) is 81.6 Å². The highest BCUT2D eigenvalue weighted by molar-refractivity contribution is 5.79. The van der Waals surface area contributed by atoms with E-state index < -0.39 is 0 Å². The van der Waals surface area contributed by atoms with E-state index in [1.807, 2.05) is 24.6 Å². The maximum absolute atomic E-state index is 4.63. The fourth-order valence-corrected chi connectivity index (χ4v) is 3.63. The Hall–Kier alpha value is -3.09. The van der Waals surface area contributed by atoms with Crippen LogP contribution in [0.2, 0.25) is 0 Å². The van der Waals surface area contributed by atoms with E-state index in [-0.39, 0.29) is 0 Å². The Bertz CT molecular complexity index is 1010. The minimum absolute atomic E-state index is 0.420. The smallest absolute Gasteiger partial charge is 0.191 e. The summed E-state index contributed by atoms with van der Waals surface area (Å²) in [6.45, 7) is 12.8. The predicted molar refractivity (Wildman–Crippen MR) is 122 cm³/mol. The topological polar surface area (TPSA) is 72.1 Å². The lowest BCUT2D eigenvalue weighted by Gasteiger charge is -2.18. The number of aliphatic imine (C=N–C) groups is 1. The standard InChI is InChI=1S/C23H33N7/c1-16(15-29-19(4)11-17(2)27-29)13-25-23(24-6)26-14-21-9-7-8-10-22(21)30-20(5)12-18(3)28-30/h7-12,16H,13-15H2,1-6H3,(H2,24,25,26). The summed E-state index contributed by atoms with van der Waals surface area (Å²) in [5, 5.41) is 16.1. The quantitative estimate of drug-likeness (QED) is 0.466. The average molecular weight is 408 g/mol. The summed E-state index contributed by atoms with van der Waals surface area (Å²) in [6.07, 6.45) is 0. The van der Waals surface area contributed by atoms with Crippen molar-refractivity contribution < 1.29 is 0 Å². The number of nitrogens with one attached hydrogen (secondary N) is 2. The van der Waals surface area contributed by atoms with Gasteiger partial charge in [0, 0.05) is 38.1 Å². The highest BCUT2D eigenvalue weighted by atomic mass is 15.3. The van der Waals surface area contributed by atoms with Gasteiger partial charge in [-0.1, -0.05) is 25.1 Å². The second-order valence-electron chi connectivity index (χ2n) is 7.99. The van der Waals surface area contributed by atoms with Crippen molar-refractivity contribution >= 4 is 5.96 Å². The maximum atomic E-state index is 4.63. The van der Waals surface area contributed by atoms with Crippen LogP contribution in [-0.2, 0) is 13.1 Å². The molecule has 2 N–H and O–H groups in total. The van der Waals surface area contributed by atoms with Crippen LogP contribution in [-0.4, -0.2) is 39.1 Å². The molecule has 1 aromatic carbocycles. The Balaban J connectivity index is 1.58. The van der Waals surface area contributed by atoms with E-state index in [1.165, 1.54) is 11.3 Å². The van der Waals surface area contributed by atoms with Crippen molar-refractivity contribution in [1.29, 1.82) is 0 Å². The van der Waals surface area contributed by atoms with Crippen molar-refractivity contribution in [3.8, 4) is 5.69 Å². The SMILES string of the molecule is CN=C(NCc1ccccc1-n1nc(C)cc1C)NCC(C)Cn1nc(C)cc1C. The first-order valence-electron chi connectivity index (χ1n) is 10.4. The number of aryl methyl sites for hydroxylation is 4. The molecule has 0 bridgehead atoms. The van der Waals surface area contributed by atoms with Crippen LogP contribution in [0.5, 0.6) is 0 Å². The van der Waals surface area contributed by atoms with Crippen molar-refractivity contribution in [2.45, 2.75) is 47.7 Å². The van der Waals surface area contributed by atoms with Crippen LogP contribution in [0.25, 0.3) is 5.69 Å². The Morgan fingerprint density at radius 1 is 1.00 bits per heavy atom. The zero-order valence-electron chi connectivity index (χ0n) is 18.9. The highest BCUT2D eigenvalue weighted by Gasteiger charge is 2.11. The van der Waals surface area contributed by atoms with Gasteiger partial charge in [-0.2, -0.15) is 10.2 Å². The molecule has 2 heterocycles. The van der Waals surface area contributed by atoms with Crippen LogP contribution in [0, 0.1) is 33.6 Å². The van der Waals surface area contributed by atoms with Crippen molar-refractivity contribution in [2.24, 2.45) is 10.9 Å². The minimum Gasteiger partial charge on any atom is -0.356 e. The summed E-state index contributed by atoms with van der Waals surface area (Å²) < 4.78 is 4.07. The third kappa shape index (κ3) is 5.28. The molecular weight excluding hydrogens is 374 g/mol. The highest BCUT2D eigenvalue weighted by Crippen LogP contribution is 2.17. The van der Waals surface area contributed by atoms with Crippen molar-refractivity contribution in [1.82, 2.24) is 30.2 Å². The molecule has 0 saturated carbocycles. The minimum atomic E-state index is 0.420. The van der Waals surface area contributed by atoms with Crippen LogP contribution >= 0.6 is 0 Å². The van der Waals surface area contributed by atoms with Crippen molar-refractivity contribution in [2.75, 3.05) is 13.6 Å². The van der Waals surface area contributed by atoms with Crippen molar-refractivity contribution in [3.05, 3.63) is 64.7 Å². The van der Waals surface area contributed by atoms with Gasteiger partial charge in [0.2, 0.25) is 0 Å². The third-order valence-corrected chi connectivity index (χ3v) is 5.11. The molecule has 0 spiro atoms. The molecule has 1 unspecified atom stereocenters. The van der Waals surface area contributed by atoms with Gasteiger partial charge in [0.05, 0.1) is 17.1 Å². The summed E-state index contributed by atoms with van der Waals surface area (Å²) in [5.41, 5.74) is 6.66. The monoisotopic (exact) mass is 407 g/mol. The van der Waals surface area contributed by atoms with E-state index in [4.69, 9.17) is 0 Å². The fraction of sp³-hybridized carbons (Fsp3) is 0.435. The second-order valence-corrected chi connectivity index (χ2v) is 7.99. The number of guanidine groups is 1. The molecule has 0 saturated heterocycles. The number of para-hydroxylation sites is 1. The lowest BCUT2D eigenvalue weighted by atomic mass is 10.1. The molecular formula is C23H33N7. The molecule has 1 atom stereocenters. The number of benzene rings is 1. The molecule has 0 fully saturated rings. The molecule has 3 aromatic rings. The van der Waals surface area contributed by atoms with E-state index in [9.17, 15) is 0 Å². The van der Waals surface area contributed by atoms with E-state index >= 15 is 0 Å². The van der Waals surface area contributed by atoms with Gasteiger partial charge in [0.15, 0.2) is 5.96 Å². The number of rotatable bonds is 7. The number of hydrogen-bond acceptors (Lipinski definition) is 3. The molecule has 0 aliphatic carbocycles. The zero-order chi connectivity index (χ0) is 21.7. The van der Waals surface area contributed by atoms with E-state index in [0.717, 1.165) is 41.8 Å². The zero-order valence-corrected chi connectivity index (χ0v) is 18.9. The van der Waals surface area contributed by atoms with Crippen LogP contribution in [0.4, 0.5) is 0 Å². The number of hydrogen-bond donors (Lipinski definition) is 2. The lowest BCUT2D eigenvalue weighted by molar-refractivity contribution is 0.436. The Morgan fingerprint density at radius 2 is 1.70 bits per heavy atom. The summed E-state index contributed by atoms with van der Waals surface area (Å²) in [5.74, 6) is 1.21. The fourth-order valence-electron chi connectivity index (χ4n) is 3.63. The van der Waals surface area contributed by atoms with Gasteiger partial charge in [0.25, 0.3) is 0 Å². The van der Waals surface area contributed by atoms with Gasteiger partial charge in [0.1, 0.15) is 0 Å². The first kappa shape index (κ1) is 21.6. The van der Waals surface area contributed by atoms with Gasteiger partial charge in [-0.05, 0) is 57.4 Å². The first-order valence-corrected chi connectivity index (χ1v) is 10.4. The first-order chi connectivity index (χ1) is 14.4. The summed E-state index contributed by atoms with van der Waals surface area (Å²) in [4.78, 5) is 4.38. The van der Waals surface area contributed by atoms with Gasteiger partial charge in [-0.15, -0.1) is 0 Å². The van der Waals surface area contributed by atoms with E-state index in [0.29, 0.717) is 12.5 Å². The lowest BCUT2D eigenvalue weighted by Crippen LogP contribution is -2.39. The van der Waals surface area contributed by atoms with Crippen LogP contribution in [0.3, 0.4) is 0 Å². The molecule has 7 nitrogen and oxygen atoms in total. The number of nitrogens with zero attached hydrogens (tertiary/aromatic N) is 5. The van der Waals surface area contributed by atoms with Gasteiger partial charge in [-0.3, -0.25) is 9.67 Å². The average Bonchev–Trinajstić information content (AvgIpc) is 3.21. The Morgan fingerprint density at radius 3 is 2.33 bits per heavy atom. The molecule has 30 heavy (non-hydrogen) atoms. The molecule has 3 rings (SSSR count). The molecule has 2 aromatic heterocycles. The van der Waals surface area contributed by atoms with Gasteiger partial charge >= 0.3 is 0 Å². The van der Waals surface area contributed by atoms with Crippen LogP contribution < -0.4 is 10.6 Å². The van der Waals surface area contributed by atoms with Gasteiger partial charge in [-0.25, -0.2) is 4.68 Å². The van der Waals surface area contributed by atoms with Crippen molar-refractivity contribution in [3.63, 3.8) is 0 Å². The summed E-state index contributed by atoms with van der Waals surface area (Å²) >= 11 is 0. The Labute approximate surface area is 179 Å².